The normalized spacial score (nSPS) is 10.6. The number of rotatable bonds is 6. The van der Waals surface area contributed by atoms with E-state index in [9.17, 15) is 4.79 Å². The Kier molecular flexibility index (Phi) is 5.15. The highest BCUT2D eigenvalue weighted by Gasteiger charge is 2.04. The number of hydrogen-bond acceptors (Lipinski definition) is 3. The Morgan fingerprint density at radius 3 is 2.76 bits per heavy atom. The summed E-state index contributed by atoms with van der Waals surface area (Å²) < 4.78 is 1.82. The molecule has 5 heteroatoms. The van der Waals surface area contributed by atoms with Crippen molar-refractivity contribution in [2.45, 2.75) is 26.3 Å². The highest BCUT2D eigenvalue weighted by Crippen LogP contribution is 2.03. The molecule has 1 heterocycles. The van der Waals surface area contributed by atoms with Gasteiger partial charge in [0, 0.05) is 45.9 Å². The fourth-order valence-electron chi connectivity index (χ4n) is 1.63. The van der Waals surface area contributed by atoms with Crippen molar-refractivity contribution in [3.63, 3.8) is 0 Å². The van der Waals surface area contributed by atoms with E-state index in [-0.39, 0.29) is 5.91 Å². The minimum atomic E-state index is 0.185. The lowest BCUT2D eigenvalue weighted by atomic mass is 10.2. The van der Waals surface area contributed by atoms with E-state index >= 15 is 0 Å². The van der Waals surface area contributed by atoms with Crippen LogP contribution in [0, 0.1) is 6.92 Å². The van der Waals surface area contributed by atoms with Crippen molar-refractivity contribution >= 4 is 5.91 Å². The van der Waals surface area contributed by atoms with Crippen LogP contribution in [0.15, 0.2) is 6.20 Å². The minimum Gasteiger partial charge on any atom is -0.349 e. The quantitative estimate of drug-likeness (QED) is 0.742. The van der Waals surface area contributed by atoms with Crippen molar-refractivity contribution in [1.82, 2.24) is 20.0 Å². The van der Waals surface area contributed by atoms with Gasteiger partial charge in [-0.05, 0) is 19.9 Å². The highest BCUT2D eigenvalue weighted by atomic mass is 16.2. The monoisotopic (exact) mass is 238 g/mol. The second-order valence-corrected chi connectivity index (χ2v) is 4.48. The fourth-order valence-corrected chi connectivity index (χ4v) is 1.63. The molecule has 1 aromatic heterocycles. The third-order valence-electron chi connectivity index (χ3n) is 2.67. The molecule has 0 aromatic carbocycles. The summed E-state index contributed by atoms with van der Waals surface area (Å²) in [5.74, 6) is 0.185. The molecule has 0 atom stereocenters. The third-order valence-corrected chi connectivity index (χ3v) is 2.67. The summed E-state index contributed by atoms with van der Waals surface area (Å²) in [4.78, 5) is 12.9. The van der Waals surface area contributed by atoms with Crippen molar-refractivity contribution in [2.24, 2.45) is 7.05 Å². The van der Waals surface area contributed by atoms with Gasteiger partial charge >= 0.3 is 0 Å². The summed E-state index contributed by atoms with van der Waals surface area (Å²) in [6.45, 7) is 3.68. The molecule has 0 aliphatic carbocycles. The molecule has 1 amide bonds. The van der Waals surface area contributed by atoms with Crippen molar-refractivity contribution in [2.75, 3.05) is 20.6 Å². The van der Waals surface area contributed by atoms with E-state index in [2.05, 4.69) is 10.4 Å². The Morgan fingerprint density at radius 2 is 2.24 bits per heavy atom. The molecule has 0 fully saturated rings. The van der Waals surface area contributed by atoms with Crippen molar-refractivity contribution < 1.29 is 4.79 Å². The summed E-state index contributed by atoms with van der Waals surface area (Å²) in [6.07, 6.45) is 3.50. The second-order valence-electron chi connectivity index (χ2n) is 4.48. The molecule has 0 saturated carbocycles. The molecule has 0 radical (unpaired) electrons. The van der Waals surface area contributed by atoms with Crippen molar-refractivity contribution in [3.05, 3.63) is 17.5 Å². The Hall–Kier alpha value is -1.36. The lowest BCUT2D eigenvalue weighted by Gasteiger charge is -2.09. The Labute approximate surface area is 103 Å². The molecule has 1 aromatic rings. The Balaban J connectivity index is 2.17. The Bertz CT molecular complexity index is 371. The van der Waals surface area contributed by atoms with Crippen LogP contribution >= 0.6 is 0 Å². The molecule has 96 valence electrons. The number of aryl methyl sites for hydroxylation is 2. The molecule has 1 N–H and O–H groups in total. The number of hydrogen-bond donors (Lipinski definition) is 1. The van der Waals surface area contributed by atoms with Crippen LogP contribution in [0.3, 0.4) is 0 Å². The first-order valence-electron chi connectivity index (χ1n) is 5.90. The van der Waals surface area contributed by atoms with Crippen LogP contribution in [-0.4, -0.2) is 41.2 Å². The number of carbonyl (C=O) groups is 1. The number of aromatic nitrogens is 2. The lowest BCUT2D eigenvalue weighted by Crippen LogP contribution is -2.23. The minimum absolute atomic E-state index is 0.185. The van der Waals surface area contributed by atoms with E-state index in [1.165, 1.54) is 5.56 Å². The molecule has 0 spiro atoms. The van der Waals surface area contributed by atoms with E-state index in [0.717, 1.165) is 25.2 Å². The molecule has 0 aliphatic rings. The maximum Gasteiger partial charge on any atom is 0.222 e. The molecular formula is C12H22N4O. The zero-order valence-corrected chi connectivity index (χ0v) is 11.2. The predicted molar refractivity (Wildman–Crippen MR) is 67.6 cm³/mol. The van der Waals surface area contributed by atoms with Crippen LogP contribution < -0.4 is 5.32 Å². The van der Waals surface area contributed by atoms with Gasteiger partial charge in [0.05, 0.1) is 5.69 Å². The zero-order valence-electron chi connectivity index (χ0n) is 11.2. The van der Waals surface area contributed by atoms with Crippen LogP contribution in [0.2, 0.25) is 0 Å². The molecule has 17 heavy (non-hydrogen) atoms. The molecular weight excluding hydrogens is 216 g/mol. The number of nitrogens with zero attached hydrogens (tertiary/aromatic N) is 3. The number of carbonyl (C=O) groups excluding carboxylic acids is 1. The van der Waals surface area contributed by atoms with Gasteiger partial charge in [-0.3, -0.25) is 9.48 Å². The molecule has 1 rings (SSSR count). The van der Waals surface area contributed by atoms with Crippen LogP contribution in [0.25, 0.3) is 0 Å². The van der Waals surface area contributed by atoms with Crippen LogP contribution in [0.4, 0.5) is 0 Å². The summed E-state index contributed by atoms with van der Waals surface area (Å²) in [7, 11) is 5.50. The average Bonchev–Trinajstić information content (AvgIpc) is 2.56. The van der Waals surface area contributed by atoms with Gasteiger partial charge in [0.15, 0.2) is 0 Å². The first kappa shape index (κ1) is 13.7. The summed E-state index contributed by atoms with van der Waals surface area (Å²) in [5, 5.41) is 7.60. The van der Waals surface area contributed by atoms with E-state index in [1.54, 1.807) is 19.0 Å². The van der Waals surface area contributed by atoms with Gasteiger partial charge in [-0.2, -0.15) is 5.10 Å². The molecule has 0 bridgehead atoms. The van der Waals surface area contributed by atoms with Gasteiger partial charge < -0.3 is 10.2 Å². The second kappa shape index (κ2) is 6.39. The first-order chi connectivity index (χ1) is 8.00. The maximum absolute atomic E-state index is 11.3. The molecule has 0 unspecified atom stereocenters. The zero-order chi connectivity index (χ0) is 12.8. The van der Waals surface area contributed by atoms with E-state index in [4.69, 9.17) is 0 Å². The average molecular weight is 238 g/mol. The number of nitrogens with one attached hydrogen (secondary N) is 1. The number of amides is 1. The molecule has 0 aliphatic heterocycles. The topological polar surface area (TPSA) is 50.2 Å². The van der Waals surface area contributed by atoms with E-state index in [1.807, 2.05) is 24.9 Å². The molecule has 5 nitrogen and oxygen atoms in total. The summed E-state index contributed by atoms with van der Waals surface area (Å²) in [5.41, 5.74) is 2.27. The smallest absolute Gasteiger partial charge is 0.222 e. The van der Waals surface area contributed by atoms with Gasteiger partial charge in [-0.25, -0.2) is 0 Å². The van der Waals surface area contributed by atoms with E-state index in [0.29, 0.717) is 6.42 Å². The van der Waals surface area contributed by atoms with Crippen molar-refractivity contribution in [1.29, 1.82) is 0 Å². The van der Waals surface area contributed by atoms with Crippen LogP contribution in [-0.2, 0) is 18.4 Å². The fraction of sp³-hybridized carbons (Fsp3) is 0.667. The van der Waals surface area contributed by atoms with Gasteiger partial charge in [0.1, 0.15) is 0 Å². The van der Waals surface area contributed by atoms with Gasteiger partial charge in [-0.15, -0.1) is 0 Å². The van der Waals surface area contributed by atoms with Crippen LogP contribution in [0.5, 0.6) is 0 Å². The SMILES string of the molecule is Cc1nn(C)cc1CNCCCC(=O)N(C)C. The summed E-state index contributed by atoms with van der Waals surface area (Å²) >= 11 is 0. The first-order valence-corrected chi connectivity index (χ1v) is 5.90. The highest BCUT2D eigenvalue weighted by molar-refractivity contribution is 5.75. The third kappa shape index (κ3) is 4.56. The Morgan fingerprint density at radius 1 is 1.53 bits per heavy atom. The van der Waals surface area contributed by atoms with Crippen LogP contribution in [0.1, 0.15) is 24.1 Å². The van der Waals surface area contributed by atoms with Gasteiger partial charge in [0.2, 0.25) is 5.91 Å². The van der Waals surface area contributed by atoms with Gasteiger partial charge in [0.25, 0.3) is 0 Å². The van der Waals surface area contributed by atoms with Crippen molar-refractivity contribution in [3.8, 4) is 0 Å². The predicted octanol–water partition coefficient (Wildman–Crippen LogP) is 0.687. The maximum atomic E-state index is 11.3. The van der Waals surface area contributed by atoms with Gasteiger partial charge in [-0.1, -0.05) is 0 Å². The molecule has 0 saturated heterocycles. The van der Waals surface area contributed by atoms with E-state index < -0.39 is 0 Å². The standard InChI is InChI=1S/C12H22N4O/c1-10-11(9-16(4)14-10)8-13-7-5-6-12(17)15(2)3/h9,13H,5-8H2,1-4H3. The lowest BCUT2D eigenvalue weighted by molar-refractivity contribution is -0.128. The largest absolute Gasteiger partial charge is 0.349 e. The summed E-state index contributed by atoms with van der Waals surface area (Å²) in [6, 6.07) is 0.